The number of hydrogen-bond acceptors (Lipinski definition) is 2. The maximum absolute atomic E-state index is 5.59. The Hall–Kier alpha value is 0.300. The van der Waals surface area contributed by atoms with Crippen LogP contribution >= 0.6 is 48.4 Å². The molecule has 0 unspecified atom stereocenters. The molecule has 13 heavy (non-hydrogen) atoms. The predicted octanol–water partition coefficient (Wildman–Crippen LogP) is 3.14. The minimum absolute atomic E-state index is 0. The largest absolute Gasteiger partial charge is 0.152 e. The van der Waals surface area contributed by atoms with E-state index in [1.165, 1.54) is 4.53 Å². The van der Waals surface area contributed by atoms with Crippen molar-refractivity contribution in [1.29, 1.82) is 0 Å². The smallest absolute Gasteiger partial charge is 0.0559 e. The molecule has 6 heteroatoms. The van der Waals surface area contributed by atoms with Crippen molar-refractivity contribution in [2.45, 2.75) is 6.54 Å². The van der Waals surface area contributed by atoms with Crippen LogP contribution in [0.3, 0.4) is 0 Å². The Morgan fingerprint density at radius 3 is 2.15 bits per heavy atom. The number of hydrogen-bond donors (Lipinski definition) is 1. The minimum Gasteiger partial charge on any atom is -0.152 e. The maximum Gasteiger partial charge on any atom is 0.0559 e. The molecule has 0 radical (unpaired) electrons. The van der Waals surface area contributed by atoms with Crippen LogP contribution in [0.1, 0.15) is 5.56 Å². The summed E-state index contributed by atoms with van der Waals surface area (Å²) in [5, 5.41) is 0. The molecule has 0 saturated carbocycles. The SMILES string of the molecule is Cl.Cl.ClNN(Cl)Cc1ccccc1. The second kappa shape index (κ2) is 8.88. The van der Waals surface area contributed by atoms with Gasteiger partial charge in [0.05, 0.1) is 6.54 Å². The summed E-state index contributed by atoms with van der Waals surface area (Å²) in [6.07, 6.45) is 0. The normalized spacial score (nSPS) is 8.85. The van der Waals surface area contributed by atoms with Crippen LogP contribution in [0.4, 0.5) is 0 Å². The van der Waals surface area contributed by atoms with Crippen molar-refractivity contribution in [3.8, 4) is 0 Å². The van der Waals surface area contributed by atoms with E-state index >= 15 is 0 Å². The summed E-state index contributed by atoms with van der Waals surface area (Å²) < 4.78 is 1.27. The van der Waals surface area contributed by atoms with Gasteiger partial charge in [-0.05, 0) is 29.1 Å². The van der Waals surface area contributed by atoms with Gasteiger partial charge in [0.25, 0.3) is 0 Å². The summed E-state index contributed by atoms with van der Waals surface area (Å²) in [6.45, 7) is 0.575. The molecule has 1 aromatic carbocycles. The number of benzene rings is 1. The fraction of sp³-hybridized carbons (Fsp3) is 0.143. The molecule has 1 N–H and O–H groups in total. The Balaban J connectivity index is 0. The third kappa shape index (κ3) is 6.38. The molecule has 0 amide bonds. The van der Waals surface area contributed by atoms with Gasteiger partial charge in [-0.3, -0.25) is 0 Å². The first-order valence-electron chi connectivity index (χ1n) is 3.16. The Kier molecular flexibility index (Phi) is 10.8. The quantitative estimate of drug-likeness (QED) is 0.666. The first-order valence-corrected chi connectivity index (χ1v) is 3.88. The maximum atomic E-state index is 5.59. The van der Waals surface area contributed by atoms with Crippen LogP contribution < -0.4 is 4.94 Å². The van der Waals surface area contributed by atoms with Crippen molar-refractivity contribution in [2.75, 3.05) is 0 Å². The van der Waals surface area contributed by atoms with Crippen molar-refractivity contribution in [1.82, 2.24) is 9.47 Å². The van der Waals surface area contributed by atoms with Gasteiger partial charge in [-0.2, -0.15) is 4.94 Å². The lowest BCUT2D eigenvalue weighted by Gasteiger charge is -2.08. The zero-order chi connectivity index (χ0) is 8.10. The molecule has 0 heterocycles. The van der Waals surface area contributed by atoms with Crippen molar-refractivity contribution >= 4 is 48.4 Å². The minimum atomic E-state index is 0. The second-order valence-corrected chi connectivity index (χ2v) is 2.67. The van der Waals surface area contributed by atoms with Crippen LogP contribution in [0.25, 0.3) is 0 Å². The lowest BCUT2D eigenvalue weighted by molar-refractivity contribution is 0.422. The predicted molar refractivity (Wildman–Crippen MR) is 61.3 cm³/mol. The van der Waals surface area contributed by atoms with Crippen molar-refractivity contribution < 1.29 is 0 Å². The van der Waals surface area contributed by atoms with Gasteiger partial charge in [0.15, 0.2) is 0 Å². The van der Waals surface area contributed by atoms with E-state index in [9.17, 15) is 0 Å². The molecule has 0 aromatic heterocycles. The highest BCUT2D eigenvalue weighted by Gasteiger charge is 1.97. The molecular formula is C7H10Cl4N2. The summed E-state index contributed by atoms with van der Waals surface area (Å²) >= 11 is 10.8. The lowest BCUT2D eigenvalue weighted by atomic mass is 10.2. The molecule has 76 valence electrons. The molecule has 0 bridgehead atoms. The monoisotopic (exact) mass is 262 g/mol. The van der Waals surface area contributed by atoms with E-state index in [1.807, 2.05) is 30.3 Å². The molecular weight excluding hydrogens is 254 g/mol. The van der Waals surface area contributed by atoms with E-state index in [-0.39, 0.29) is 24.8 Å². The Morgan fingerprint density at radius 2 is 1.69 bits per heavy atom. The third-order valence-corrected chi connectivity index (χ3v) is 1.75. The van der Waals surface area contributed by atoms with Crippen LogP contribution in [0.2, 0.25) is 0 Å². The topological polar surface area (TPSA) is 15.3 Å². The highest BCUT2D eigenvalue weighted by molar-refractivity contribution is 6.19. The van der Waals surface area contributed by atoms with Crippen LogP contribution in [0.5, 0.6) is 0 Å². The molecule has 0 aliphatic carbocycles. The molecule has 0 atom stereocenters. The van der Waals surface area contributed by atoms with Crippen molar-refractivity contribution in [3.63, 3.8) is 0 Å². The van der Waals surface area contributed by atoms with Crippen molar-refractivity contribution in [3.05, 3.63) is 35.9 Å². The van der Waals surface area contributed by atoms with Crippen LogP contribution in [0.15, 0.2) is 30.3 Å². The molecule has 0 aliphatic rings. The number of nitrogens with zero attached hydrogens (tertiary/aromatic N) is 1. The van der Waals surface area contributed by atoms with Gasteiger partial charge in [0.1, 0.15) is 0 Å². The number of nitrogens with one attached hydrogen (secondary N) is 1. The number of hydrazine groups is 1. The Bertz CT molecular complexity index is 207. The number of rotatable bonds is 3. The van der Waals surface area contributed by atoms with E-state index in [2.05, 4.69) is 4.94 Å². The fourth-order valence-corrected chi connectivity index (χ4v) is 0.971. The Labute approximate surface area is 100 Å². The molecule has 0 saturated heterocycles. The van der Waals surface area contributed by atoms with Crippen LogP contribution in [0, 0.1) is 0 Å². The van der Waals surface area contributed by atoms with Gasteiger partial charge in [0.2, 0.25) is 0 Å². The summed E-state index contributed by atoms with van der Waals surface area (Å²) in [6, 6.07) is 9.81. The van der Waals surface area contributed by atoms with Gasteiger partial charge < -0.3 is 0 Å². The molecule has 1 aromatic rings. The fourth-order valence-electron chi connectivity index (χ4n) is 0.774. The standard InChI is InChI=1S/C7H8Cl2N2.2ClH/c8-10-11(9)6-7-4-2-1-3-5-7;;/h1-5,10H,6H2;2*1H. The van der Waals surface area contributed by atoms with E-state index in [0.717, 1.165) is 5.56 Å². The molecule has 0 fully saturated rings. The van der Waals surface area contributed by atoms with Gasteiger partial charge in [-0.1, -0.05) is 30.3 Å². The highest BCUT2D eigenvalue weighted by atomic mass is 35.5. The van der Waals surface area contributed by atoms with Gasteiger partial charge in [0, 0.05) is 0 Å². The zero-order valence-corrected chi connectivity index (χ0v) is 9.76. The molecule has 0 spiro atoms. The van der Waals surface area contributed by atoms with Crippen LogP contribution in [-0.2, 0) is 6.54 Å². The molecule has 1 rings (SSSR count). The Morgan fingerprint density at radius 1 is 1.15 bits per heavy atom. The third-order valence-electron chi connectivity index (χ3n) is 1.26. The molecule has 0 aliphatic heterocycles. The zero-order valence-electron chi connectivity index (χ0n) is 6.61. The average Bonchev–Trinajstić information content (AvgIpc) is 2.06. The number of halogens is 4. The van der Waals surface area contributed by atoms with E-state index in [1.54, 1.807) is 0 Å². The summed E-state index contributed by atoms with van der Waals surface area (Å²) in [4.78, 5) is 2.28. The highest BCUT2D eigenvalue weighted by Crippen LogP contribution is 2.03. The summed E-state index contributed by atoms with van der Waals surface area (Å²) in [5.41, 5.74) is 1.11. The molecule has 2 nitrogen and oxygen atoms in total. The van der Waals surface area contributed by atoms with Gasteiger partial charge in [-0.15, -0.1) is 29.3 Å². The van der Waals surface area contributed by atoms with Crippen molar-refractivity contribution in [2.24, 2.45) is 0 Å². The van der Waals surface area contributed by atoms with Crippen LogP contribution in [-0.4, -0.2) is 4.53 Å². The van der Waals surface area contributed by atoms with Gasteiger partial charge in [-0.25, -0.2) is 0 Å². The summed E-state index contributed by atoms with van der Waals surface area (Å²) in [7, 11) is 0. The first kappa shape index (κ1) is 15.8. The van der Waals surface area contributed by atoms with E-state index in [4.69, 9.17) is 23.6 Å². The average molecular weight is 264 g/mol. The first-order chi connectivity index (χ1) is 5.33. The lowest BCUT2D eigenvalue weighted by Crippen LogP contribution is -2.19. The van der Waals surface area contributed by atoms with E-state index in [0.29, 0.717) is 6.54 Å². The summed E-state index contributed by atoms with van der Waals surface area (Å²) in [5.74, 6) is 0. The second-order valence-electron chi connectivity index (χ2n) is 2.09. The van der Waals surface area contributed by atoms with Gasteiger partial charge >= 0.3 is 0 Å². The van der Waals surface area contributed by atoms with E-state index < -0.39 is 0 Å².